The van der Waals surface area contributed by atoms with E-state index < -0.39 is 52.5 Å². The lowest BCUT2D eigenvalue weighted by atomic mass is 9.88. The quantitative estimate of drug-likeness (QED) is 0.128. The fourth-order valence-corrected chi connectivity index (χ4v) is 4.67. The molecular weight excluding hydrogens is 512 g/mol. The largest absolute Gasteiger partial charge is 0.507 e. The highest BCUT2D eigenvalue weighted by molar-refractivity contribution is 6.22. The standard InChI is InChI=1S/C32H40O8/c1-9-16(7)25(34)23-29(38)19(13-20(33)15(5)6)31-22(30(23)39)21-27(36)18(12-11-14(3)4)28(37)24(32(21)40-31)26(35)17(8)10-2/h11,16-17,20,33,36-39H,5,9-10,12-13H2,1-4,6-8H3. The number of hydrogen-bond acceptors (Lipinski definition) is 8. The molecule has 1 aromatic heterocycles. The summed E-state index contributed by atoms with van der Waals surface area (Å²) in [5, 5.41) is 56.1. The first-order chi connectivity index (χ1) is 18.7. The Morgan fingerprint density at radius 1 is 0.800 bits per heavy atom. The maximum absolute atomic E-state index is 13.6. The summed E-state index contributed by atoms with van der Waals surface area (Å²) in [5.41, 5.74) is 0.576. The molecule has 0 radical (unpaired) electrons. The second kappa shape index (κ2) is 11.8. The third-order valence-corrected chi connectivity index (χ3v) is 7.74. The predicted molar refractivity (Wildman–Crippen MR) is 156 cm³/mol. The van der Waals surface area contributed by atoms with Gasteiger partial charge >= 0.3 is 0 Å². The molecule has 8 heteroatoms. The number of phenolic OH excluding ortho intramolecular Hbond substituents is 4. The Kier molecular flexibility index (Phi) is 9.04. The van der Waals surface area contributed by atoms with Gasteiger partial charge in [0, 0.05) is 29.4 Å². The summed E-state index contributed by atoms with van der Waals surface area (Å²) in [4.78, 5) is 26.9. The molecule has 2 aromatic carbocycles. The number of rotatable bonds is 11. The van der Waals surface area contributed by atoms with Gasteiger partial charge in [0.25, 0.3) is 0 Å². The van der Waals surface area contributed by atoms with E-state index in [0.29, 0.717) is 18.4 Å². The van der Waals surface area contributed by atoms with Crippen molar-refractivity contribution in [1.29, 1.82) is 0 Å². The second-order valence-electron chi connectivity index (χ2n) is 11.0. The van der Waals surface area contributed by atoms with Gasteiger partial charge in [-0.1, -0.05) is 51.5 Å². The van der Waals surface area contributed by atoms with E-state index >= 15 is 0 Å². The van der Waals surface area contributed by atoms with Crippen LogP contribution in [0, 0.1) is 11.8 Å². The average molecular weight is 553 g/mol. The van der Waals surface area contributed by atoms with Crippen molar-refractivity contribution in [3.05, 3.63) is 46.1 Å². The van der Waals surface area contributed by atoms with Crippen LogP contribution in [0.25, 0.3) is 21.9 Å². The highest BCUT2D eigenvalue weighted by atomic mass is 16.3. The van der Waals surface area contributed by atoms with E-state index in [4.69, 9.17) is 4.42 Å². The van der Waals surface area contributed by atoms with Crippen LogP contribution < -0.4 is 0 Å². The van der Waals surface area contributed by atoms with Crippen molar-refractivity contribution in [2.45, 2.75) is 80.3 Å². The van der Waals surface area contributed by atoms with E-state index in [1.54, 1.807) is 33.8 Å². The Labute approximate surface area is 234 Å². The molecule has 216 valence electrons. The molecule has 0 fully saturated rings. The summed E-state index contributed by atoms with van der Waals surface area (Å²) in [5.74, 6) is -4.03. The number of Topliss-reactive ketones (excluding diaryl/α,β-unsaturated/α-hetero) is 2. The number of hydrogen-bond donors (Lipinski definition) is 5. The van der Waals surface area contributed by atoms with Crippen molar-refractivity contribution in [2.24, 2.45) is 11.8 Å². The molecule has 3 aromatic rings. The summed E-state index contributed by atoms with van der Waals surface area (Å²) in [6.45, 7) is 16.1. The first-order valence-electron chi connectivity index (χ1n) is 13.6. The lowest BCUT2D eigenvalue weighted by Crippen LogP contribution is -2.15. The molecule has 0 amide bonds. The average Bonchev–Trinajstić information content (AvgIpc) is 3.29. The number of ketones is 2. The highest BCUT2D eigenvalue weighted by Crippen LogP contribution is 2.52. The second-order valence-corrected chi connectivity index (χ2v) is 11.0. The van der Waals surface area contributed by atoms with Crippen molar-refractivity contribution < 1.29 is 39.5 Å². The van der Waals surface area contributed by atoms with Crippen molar-refractivity contribution in [3.8, 4) is 23.0 Å². The lowest BCUT2D eigenvalue weighted by Gasteiger charge is -2.17. The summed E-state index contributed by atoms with van der Waals surface area (Å²) in [7, 11) is 0. The topological polar surface area (TPSA) is 148 Å². The Morgan fingerprint density at radius 3 is 1.80 bits per heavy atom. The molecule has 0 aliphatic rings. The Balaban J connectivity index is 2.66. The molecular formula is C32H40O8. The Bertz CT molecular complexity index is 1530. The zero-order valence-electron chi connectivity index (χ0n) is 24.3. The molecule has 8 nitrogen and oxygen atoms in total. The predicted octanol–water partition coefficient (Wildman–Crippen LogP) is 6.85. The Hall–Kier alpha value is -3.78. The number of furan rings is 1. The van der Waals surface area contributed by atoms with Gasteiger partial charge in [-0.2, -0.15) is 0 Å². The summed E-state index contributed by atoms with van der Waals surface area (Å²) >= 11 is 0. The number of allylic oxidation sites excluding steroid dienone is 2. The van der Waals surface area contributed by atoms with Crippen molar-refractivity contribution in [3.63, 3.8) is 0 Å². The van der Waals surface area contributed by atoms with Gasteiger partial charge in [0.05, 0.1) is 16.9 Å². The normalized spacial score (nSPS) is 13.8. The monoisotopic (exact) mass is 552 g/mol. The van der Waals surface area contributed by atoms with Crippen LogP contribution in [0.3, 0.4) is 0 Å². The molecule has 0 saturated carbocycles. The summed E-state index contributed by atoms with van der Waals surface area (Å²) < 4.78 is 6.11. The van der Waals surface area contributed by atoms with Crippen LogP contribution in [-0.4, -0.2) is 43.2 Å². The fraction of sp³-hybridized carbons (Fsp3) is 0.438. The molecule has 1 heterocycles. The van der Waals surface area contributed by atoms with Crippen LogP contribution in [0.1, 0.15) is 93.2 Å². The van der Waals surface area contributed by atoms with E-state index in [1.807, 2.05) is 20.8 Å². The third-order valence-electron chi connectivity index (χ3n) is 7.74. The zero-order valence-corrected chi connectivity index (χ0v) is 24.3. The minimum atomic E-state index is -1.13. The number of fused-ring (bicyclic) bond motifs is 3. The number of aromatic hydroxyl groups is 4. The molecule has 0 aliphatic heterocycles. The maximum Gasteiger partial charge on any atom is 0.173 e. The van der Waals surface area contributed by atoms with Crippen molar-refractivity contribution >= 4 is 33.5 Å². The van der Waals surface area contributed by atoms with Gasteiger partial charge in [-0.3, -0.25) is 9.59 Å². The molecule has 0 bridgehead atoms. The van der Waals surface area contributed by atoms with Crippen molar-refractivity contribution in [2.75, 3.05) is 0 Å². The van der Waals surface area contributed by atoms with Gasteiger partial charge in [-0.05, 0) is 40.0 Å². The molecule has 5 N–H and O–H groups in total. The van der Waals surface area contributed by atoms with Crippen LogP contribution in [0.4, 0.5) is 0 Å². The third kappa shape index (κ3) is 5.20. The number of phenols is 4. The van der Waals surface area contributed by atoms with Crippen LogP contribution in [0.15, 0.2) is 28.2 Å². The summed E-state index contributed by atoms with van der Waals surface area (Å²) in [6, 6.07) is 0. The van der Waals surface area contributed by atoms with E-state index in [0.717, 1.165) is 5.57 Å². The first kappa shape index (κ1) is 30.8. The minimum absolute atomic E-state index is 0.0119. The van der Waals surface area contributed by atoms with Crippen LogP contribution in [0.2, 0.25) is 0 Å². The lowest BCUT2D eigenvalue weighted by molar-refractivity contribution is 0.0915. The number of carbonyl (C=O) groups is 2. The van der Waals surface area contributed by atoms with Gasteiger partial charge < -0.3 is 29.9 Å². The molecule has 0 spiro atoms. The maximum atomic E-state index is 13.6. The number of aliphatic hydroxyl groups is 1. The van der Waals surface area contributed by atoms with E-state index in [9.17, 15) is 35.1 Å². The van der Waals surface area contributed by atoms with Gasteiger partial charge in [-0.25, -0.2) is 0 Å². The minimum Gasteiger partial charge on any atom is -0.507 e. The molecule has 40 heavy (non-hydrogen) atoms. The highest BCUT2D eigenvalue weighted by Gasteiger charge is 2.35. The molecule has 0 saturated heterocycles. The fourth-order valence-electron chi connectivity index (χ4n) is 4.67. The summed E-state index contributed by atoms with van der Waals surface area (Å²) in [6.07, 6.45) is 1.42. The Morgan fingerprint density at radius 2 is 1.30 bits per heavy atom. The number of aliphatic hydroxyl groups excluding tert-OH is 1. The molecule has 3 atom stereocenters. The van der Waals surface area contributed by atoms with Crippen LogP contribution in [0.5, 0.6) is 23.0 Å². The molecule has 3 rings (SSSR count). The first-order valence-corrected chi connectivity index (χ1v) is 13.6. The van der Waals surface area contributed by atoms with Gasteiger partial charge in [0.2, 0.25) is 0 Å². The zero-order chi connectivity index (χ0) is 30.2. The van der Waals surface area contributed by atoms with Crippen molar-refractivity contribution in [1.82, 2.24) is 0 Å². The van der Waals surface area contributed by atoms with Gasteiger partial charge in [0.15, 0.2) is 17.1 Å². The molecule has 3 unspecified atom stereocenters. The van der Waals surface area contributed by atoms with E-state index in [1.165, 1.54) is 0 Å². The SMILES string of the molecule is C=C(C)C(O)Cc1c(O)c(C(=O)C(C)CC)c(O)c2c1oc1c(C(=O)C(C)CC)c(O)c(CC=C(C)C)c(O)c12. The number of carbonyl (C=O) groups excluding carboxylic acids is 2. The smallest absolute Gasteiger partial charge is 0.173 e. The van der Waals surface area contributed by atoms with Gasteiger partial charge in [0.1, 0.15) is 39.7 Å². The van der Waals surface area contributed by atoms with Crippen LogP contribution >= 0.6 is 0 Å². The van der Waals surface area contributed by atoms with Gasteiger partial charge in [-0.15, -0.1) is 0 Å². The van der Waals surface area contributed by atoms with E-state index in [2.05, 4.69) is 6.58 Å². The number of benzene rings is 2. The van der Waals surface area contributed by atoms with Crippen LogP contribution in [-0.2, 0) is 12.8 Å². The molecule has 0 aliphatic carbocycles. The van der Waals surface area contributed by atoms with E-state index in [-0.39, 0.29) is 57.0 Å².